The highest BCUT2D eigenvalue weighted by atomic mass is 16.1. The van der Waals surface area contributed by atoms with Crippen molar-refractivity contribution in [1.82, 2.24) is 15.6 Å². The van der Waals surface area contributed by atoms with Gasteiger partial charge >= 0.3 is 0 Å². The van der Waals surface area contributed by atoms with Gasteiger partial charge in [0.15, 0.2) is 0 Å². The highest BCUT2D eigenvalue weighted by molar-refractivity contribution is 5.76. The molecule has 1 amide bonds. The van der Waals surface area contributed by atoms with Gasteiger partial charge in [-0.2, -0.15) is 0 Å². The molecule has 126 valence electrons. The lowest BCUT2D eigenvalue weighted by molar-refractivity contribution is -0.122. The molecule has 2 aromatic rings. The Hall–Kier alpha value is -2.20. The molecule has 1 aromatic carbocycles. The fraction of sp³-hybridized carbons (Fsp3) is 0.400. The van der Waals surface area contributed by atoms with Crippen LogP contribution in [-0.2, 0) is 4.79 Å². The Bertz CT molecular complexity index is 648. The number of hydrogen-bond acceptors (Lipinski definition) is 3. The van der Waals surface area contributed by atoms with Crippen molar-refractivity contribution in [2.75, 3.05) is 13.1 Å². The van der Waals surface area contributed by atoms with E-state index in [9.17, 15) is 4.79 Å². The zero-order chi connectivity index (χ0) is 16.8. The van der Waals surface area contributed by atoms with Crippen LogP contribution in [0.3, 0.4) is 0 Å². The first kappa shape index (κ1) is 16.7. The van der Waals surface area contributed by atoms with Gasteiger partial charge in [-0.3, -0.25) is 9.78 Å². The number of nitrogens with zero attached hydrogens (tertiary/aromatic N) is 1. The average Bonchev–Trinajstić information content (AvgIpc) is 3.14. The van der Waals surface area contributed by atoms with Crippen LogP contribution >= 0.6 is 0 Å². The molecular weight excluding hydrogens is 298 g/mol. The lowest BCUT2D eigenvalue weighted by Gasteiger charge is -2.16. The molecule has 1 saturated heterocycles. The lowest BCUT2D eigenvalue weighted by Crippen LogP contribution is -2.27. The first-order valence-corrected chi connectivity index (χ1v) is 8.73. The van der Waals surface area contributed by atoms with Gasteiger partial charge in [0.2, 0.25) is 5.91 Å². The van der Waals surface area contributed by atoms with Gasteiger partial charge in [-0.25, -0.2) is 0 Å². The summed E-state index contributed by atoms with van der Waals surface area (Å²) in [6.07, 6.45) is 6.42. The lowest BCUT2D eigenvalue weighted by atomic mass is 10.0. The minimum atomic E-state index is 0.0298. The quantitative estimate of drug-likeness (QED) is 0.857. The number of hydrogen-bond donors (Lipinski definition) is 2. The van der Waals surface area contributed by atoms with E-state index in [1.54, 1.807) is 6.20 Å². The second kappa shape index (κ2) is 8.06. The van der Waals surface area contributed by atoms with Gasteiger partial charge < -0.3 is 10.6 Å². The molecule has 2 heterocycles. The Balaban J connectivity index is 1.52. The van der Waals surface area contributed by atoms with Crippen molar-refractivity contribution in [2.45, 2.75) is 32.2 Å². The molecule has 4 heteroatoms. The fourth-order valence-corrected chi connectivity index (χ4v) is 3.19. The second-order valence-electron chi connectivity index (χ2n) is 6.55. The Kier molecular flexibility index (Phi) is 5.59. The van der Waals surface area contributed by atoms with Crippen molar-refractivity contribution in [3.05, 3.63) is 54.4 Å². The highest BCUT2D eigenvalue weighted by Gasteiger charge is 2.16. The van der Waals surface area contributed by atoms with Gasteiger partial charge in [0.25, 0.3) is 0 Å². The third-order valence-corrected chi connectivity index (χ3v) is 4.73. The van der Waals surface area contributed by atoms with Crippen LogP contribution in [0.1, 0.15) is 37.8 Å². The van der Waals surface area contributed by atoms with Gasteiger partial charge in [0.05, 0.1) is 6.04 Å². The molecular formula is C20H25N3O. The molecule has 3 rings (SSSR count). The predicted molar refractivity (Wildman–Crippen MR) is 96.4 cm³/mol. The third kappa shape index (κ3) is 4.42. The first-order chi connectivity index (χ1) is 11.7. The number of carbonyl (C=O) groups is 1. The smallest absolute Gasteiger partial charge is 0.220 e. The van der Waals surface area contributed by atoms with Crippen molar-refractivity contribution in [1.29, 1.82) is 0 Å². The van der Waals surface area contributed by atoms with Crippen molar-refractivity contribution in [2.24, 2.45) is 5.92 Å². The van der Waals surface area contributed by atoms with E-state index in [1.165, 1.54) is 6.42 Å². The predicted octanol–water partition coefficient (Wildman–Crippen LogP) is 3.32. The number of benzene rings is 1. The maximum Gasteiger partial charge on any atom is 0.220 e. The summed E-state index contributed by atoms with van der Waals surface area (Å²) in [5, 5.41) is 6.45. The van der Waals surface area contributed by atoms with Crippen LogP contribution in [0, 0.1) is 5.92 Å². The molecule has 4 nitrogen and oxygen atoms in total. The third-order valence-electron chi connectivity index (χ3n) is 4.73. The van der Waals surface area contributed by atoms with Crippen molar-refractivity contribution < 1.29 is 4.79 Å². The summed E-state index contributed by atoms with van der Waals surface area (Å²) in [5.41, 5.74) is 3.36. The SMILES string of the molecule is CC(NC(=O)CCC1CCNC1)c1ccc(-c2cccnc2)cc1. The average molecular weight is 323 g/mol. The summed E-state index contributed by atoms with van der Waals surface area (Å²) in [4.78, 5) is 16.3. The van der Waals surface area contributed by atoms with Crippen LogP contribution in [0.4, 0.5) is 0 Å². The van der Waals surface area contributed by atoms with Gasteiger partial charge in [-0.1, -0.05) is 30.3 Å². The normalized spacial score (nSPS) is 18.3. The van der Waals surface area contributed by atoms with Crippen LogP contribution in [0.2, 0.25) is 0 Å². The van der Waals surface area contributed by atoms with Crippen molar-refractivity contribution in [3.8, 4) is 11.1 Å². The summed E-state index contributed by atoms with van der Waals surface area (Å²) < 4.78 is 0. The molecule has 2 N–H and O–H groups in total. The number of rotatable bonds is 6. The van der Waals surface area contributed by atoms with Crippen LogP contribution in [0.5, 0.6) is 0 Å². The minimum absolute atomic E-state index is 0.0298. The van der Waals surface area contributed by atoms with E-state index in [-0.39, 0.29) is 11.9 Å². The number of pyridine rings is 1. The molecule has 2 atom stereocenters. The van der Waals surface area contributed by atoms with Crippen LogP contribution in [0.15, 0.2) is 48.8 Å². The zero-order valence-corrected chi connectivity index (χ0v) is 14.2. The molecule has 0 aliphatic carbocycles. The Morgan fingerprint density at radius 3 is 2.79 bits per heavy atom. The summed E-state index contributed by atoms with van der Waals surface area (Å²) >= 11 is 0. The minimum Gasteiger partial charge on any atom is -0.350 e. The maximum absolute atomic E-state index is 12.1. The number of aromatic nitrogens is 1. The number of amides is 1. The van der Waals surface area contributed by atoms with Crippen LogP contribution in [0.25, 0.3) is 11.1 Å². The standard InChI is InChI=1S/C20H25N3O/c1-15(23-20(24)9-4-16-10-12-22-13-16)17-5-7-18(8-6-17)19-3-2-11-21-14-19/h2-3,5-8,11,14-16,22H,4,9-10,12-13H2,1H3,(H,23,24). The number of carbonyl (C=O) groups excluding carboxylic acids is 1. The molecule has 0 saturated carbocycles. The summed E-state index contributed by atoms with van der Waals surface area (Å²) in [5.74, 6) is 0.801. The molecule has 0 bridgehead atoms. The van der Waals surface area contributed by atoms with Crippen molar-refractivity contribution >= 4 is 5.91 Å². The van der Waals surface area contributed by atoms with E-state index in [1.807, 2.05) is 25.3 Å². The maximum atomic E-state index is 12.1. The Morgan fingerprint density at radius 1 is 1.29 bits per heavy atom. The van der Waals surface area contributed by atoms with Gasteiger partial charge in [-0.05, 0) is 61.5 Å². The van der Waals surface area contributed by atoms with Crippen LogP contribution < -0.4 is 10.6 Å². The summed E-state index contributed by atoms with van der Waals surface area (Å²) in [7, 11) is 0. The summed E-state index contributed by atoms with van der Waals surface area (Å²) in [6.45, 7) is 4.18. The molecule has 0 radical (unpaired) electrons. The molecule has 1 aliphatic rings. The fourth-order valence-electron chi connectivity index (χ4n) is 3.19. The van der Waals surface area contributed by atoms with Crippen LogP contribution in [-0.4, -0.2) is 24.0 Å². The zero-order valence-electron chi connectivity index (χ0n) is 14.2. The van der Waals surface area contributed by atoms with E-state index >= 15 is 0 Å². The van der Waals surface area contributed by atoms with E-state index < -0.39 is 0 Å². The summed E-state index contributed by atoms with van der Waals surface area (Å²) in [6, 6.07) is 12.3. The van der Waals surface area contributed by atoms with E-state index in [4.69, 9.17) is 0 Å². The van der Waals surface area contributed by atoms with E-state index in [2.05, 4.69) is 39.9 Å². The molecule has 2 unspecified atom stereocenters. The monoisotopic (exact) mass is 323 g/mol. The van der Waals surface area contributed by atoms with Gasteiger partial charge in [-0.15, -0.1) is 0 Å². The molecule has 24 heavy (non-hydrogen) atoms. The molecule has 1 aliphatic heterocycles. The Labute approximate surface area is 143 Å². The van der Waals surface area contributed by atoms with E-state index in [0.717, 1.165) is 36.2 Å². The number of nitrogens with one attached hydrogen (secondary N) is 2. The van der Waals surface area contributed by atoms with Crippen molar-refractivity contribution in [3.63, 3.8) is 0 Å². The topological polar surface area (TPSA) is 54.0 Å². The molecule has 0 spiro atoms. The Morgan fingerprint density at radius 2 is 2.12 bits per heavy atom. The first-order valence-electron chi connectivity index (χ1n) is 8.73. The van der Waals surface area contributed by atoms with Gasteiger partial charge in [0, 0.05) is 18.8 Å². The van der Waals surface area contributed by atoms with E-state index in [0.29, 0.717) is 12.3 Å². The molecule has 1 fully saturated rings. The highest BCUT2D eigenvalue weighted by Crippen LogP contribution is 2.21. The molecule has 1 aromatic heterocycles. The second-order valence-corrected chi connectivity index (χ2v) is 6.55. The van der Waals surface area contributed by atoms with Gasteiger partial charge in [0.1, 0.15) is 0 Å². The largest absolute Gasteiger partial charge is 0.350 e.